The van der Waals surface area contributed by atoms with Gasteiger partial charge in [0, 0.05) is 11.9 Å². The summed E-state index contributed by atoms with van der Waals surface area (Å²) in [7, 11) is 0. The number of allylic oxidation sites excluding steroid dienone is 2. The first-order valence-corrected chi connectivity index (χ1v) is 4.16. The zero-order valence-corrected chi connectivity index (χ0v) is 6.32. The molecule has 0 aliphatic heterocycles. The van der Waals surface area contributed by atoms with Crippen molar-refractivity contribution in [2.75, 3.05) is 0 Å². The Kier molecular flexibility index (Phi) is 1.48. The molecule has 1 saturated carbocycles. The van der Waals surface area contributed by atoms with Crippen LogP contribution in [0.3, 0.4) is 0 Å². The molecule has 2 heteroatoms. The van der Waals surface area contributed by atoms with Gasteiger partial charge in [0.15, 0.2) is 0 Å². The fourth-order valence-corrected chi connectivity index (χ4v) is 2.20. The van der Waals surface area contributed by atoms with Crippen LogP contribution in [0.5, 0.6) is 0 Å². The van der Waals surface area contributed by atoms with Crippen molar-refractivity contribution >= 4 is 5.97 Å². The van der Waals surface area contributed by atoms with Crippen LogP contribution in [0.2, 0.25) is 0 Å². The molecule has 2 nitrogen and oxygen atoms in total. The molecule has 0 amide bonds. The van der Waals surface area contributed by atoms with E-state index in [1.807, 2.05) is 0 Å². The average molecular weight is 151 g/mol. The van der Waals surface area contributed by atoms with Gasteiger partial charge in [-0.25, -0.2) is 0 Å². The average Bonchev–Trinajstić information content (AvgIpc) is 2.06. The molecule has 11 heavy (non-hydrogen) atoms. The highest BCUT2D eigenvalue weighted by Crippen LogP contribution is 2.39. The van der Waals surface area contributed by atoms with Gasteiger partial charge in [-0.1, -0.05) is 12.2 Å². The second-order valence-corrected chi connectivity index (χ2v) is 3.55. The third-order valence-corrected chi connectivity index (χ3v) is 2.88. The molecular weight excluding hydrogens is 140 g/mol. The van der Waals surface area contributed by atoms with Crippen LogP contribution in [0.15, 0.2) is 12.2 Å². The molecule has 3 aliphatic rings. The highest BCUT2D eigenvalue weighted by molar-refractivity contribution is 5.69. The minimum atomic E-state index is -0.857. The summed E-state index contributed by atoms with van der Waals surface area (Å²) in [6.07, 6.45) is 7.24. The monoisotopic (exact) mass is 151 g/mol. The largest absolute Gasteiger partial charge is 0.550 e. The van der Waals surface area contributed by atoms with Gasteiger partial charge in [-0.15, -0.1) is 0 Å². The molecule has 3 unspecified atom stereocenters. The number of hydrogen-bond donors (Lipinski definition) is 0. The highest BCUT2D eigenvalue weighted by atomic mass is 16.4. The van der Waals surface area contributed by atoms with Crippen LogP contribution in [-0.4, -0.2) is 5.97 Å². The van der Waals surface area contributed by atoms with Crippen molar-refractivity contribution in [2.24, 2.45) is 17.8 Å². The molecule has 3 rings (SSSR count). The van der Waals surface area contributed by atoms with Gasteiger partial charge in [0.1, 0.15) is 0 Å². The Morgan fingerprint density at radius 3 is 2.45 bits per heavy atom. The Balaban J connectivity index is 2.17. The van der Waals surface area contributed by atoms with Crippen molar-refractivity contribution in [2.45, 2.75) is 19.3 Å². The Morgan fingerprint density at radius 1 is 1.36 bits per heavy atom. The van der Waals surface area contributed by atoms with Crippen molar-refractivity contribution in [3.8, 4) is 0 Å². The van der Waals surface area contributed by atoms with Gasteiger partial charge in [-0.3, -0.25) is 0 Å². The minimum absolute atomic E-state index is 0.196. The third kappa shape index (κ3) is 1.06. The number of carbonyl (C=O) groups excluding carboxylic acids is 1. The normalized spacial score (nSPS) is 40.9. The maximum absolute atomic E-state index is 10.6. The fourth-order valence-electron chi connectivity index (χ4n) is 2.20. The van der Waals surface area contributed by atoms with E-state index in [2.05, 4.69) is 12.2 Å². The molecule has 0 aromatic rings. The molecule has 3 atom stereocenters. The van der Waals surface area contributed by atoms with Gasteiger partial charge >= 0.3 is 0 Å². The first-order chi connectivity index (χ1) is 5.27. The zero-order chi connectivity index (χ0) is 7.84. The van der Waals surface area contributed by atoms with Gasteiger partial charge < -0.3 is 9.90 Å². The molecule has 0 heterocycles. The summed E-state index contributed by atoms with van der Waals surface area (Å²) >= 11 is 0. The van der Waals surface area contributed by atoms with E-state index in [-0.39, 0.29) is 11.8 Å². The minimum Gasteiger partial charge on any atom is -0.550 e. The molecular formula is C9H11O2-. The lowest BCUT2D eigenvalue weighted by atomic mass is 9.69. The summed E-state index contributed by atoms with van der Waals surface area (Å²) in [5.74, 6) is -0.268. The van der Waals surface area contributed by atoms with Crippen molar-refractivity contribution in [1.29, 1.82) is 0 Å². The lowest BCUT2D eigenvalue weighted by molar-refractivity contribution is -0.314. The number of fused-ring (bicyclic) bond motifs is 2. The molecule has 1 fully saturated rings. The van der Waals surface area contributed by atoms with Gasteiger partial charge in [-0.05, 0) is 31.1 Å². The van der Waals surface area contributed by atoms with Gasteiger partial charge in [0.2, 0.25) is 0 Å². The Labute approximate surface area is 65.9 Å². The number of carboxylic acids is 1. The van der Waals surface area contributed by atoms with Crippen LogP contribution in [-0.2, 0) is 4.79 Å². The summed E-state index contributed by atoms with van der Waals surface area (Å²) in [6, 6.07) is 0. The zero-order valence-electron chi connectivity index (χ0n) is 6.32. The molecule has 60 valence electrons. The van der Waals surface area contributed by atoms with Gasteiger partial charge in [-0.2, -0.15) is 0 Å². The van der Waals surface area contributed by atoms with E-state index < -0.39 is 5.97 Å². The predicted molar refractivity (Wildman–Crippen MR) is 38.5 cm³/mol. The third-order valence-electron chi connectivity index (χ3n) is 2.88. The smallest absolute Gasteiger partial charge is 0.0451 e. The summed E-state index contributed by atoms with van der Waals surface area (Å²) in [4.78, 5) is 10.6. The van der Waals surface area contributed by atoms with Crippen LogP contribution in [0.25, 0.3) is 0 Å². The number of carboxylic acid groups (broad SMARTS) is 1. The van der Waals surface area contributed by atoms with Crippen molar-refractivity contribution in [1.82, 2.24) is 0 Å². The van der Waals surface area contributed by atoms with Crippen LogP contribution in [0, 0.1) is 17.8 Å². The Hall–Kier alpha value is -0.790. The molecule has 0 saturated heterocycles. The lowest BCUT2D eigenvalue weighted by Crippen LogP contribution is -2.40. The van der Waals surface area contributed by atoms with Crippen molar-refractivity contribution in [3.63, 3.8) is 0 Å². The maximum atomic E-state index is 10.6. The van der Waals surface area contributed by atoms with E-state index in [1.54, 1.807) is 0 Å². The summed E-state index contributed by atoms with van der Waals surface area (Å²) in [5, 5.41) is 10.6. The summed E-state index contributed by atoms with van der Waals surface area (Å²) < 4.78 is 0. The maximum Gasteiger partial charge on any atom is 0.0451 e. The van der Waals surface area contributed by atoms with E-state index in [0.29, 0.717) is 5.92 Å². The quantitative estimate of drug-likeness (QED) is 0.507. The molecule has 3 aliphatic carbocycles. The lowest BCUT2D eigenvalue weighted by Gasteiger charge is -2.38. The molecule has 2 bridgehead atoms. The summed E-state index contributed by atoms with van der Waals surface area (Å²) in [5.41, 5.74) is 0. The van der Waals surface area contributed by atoms with Crippen molar-refractivity contribution < 1.29 is 9.90 Å². The SMILES string of the molecule is O=C([O-])C1CC2C=CC1CC2. The van der Waals surface area contributed by atoms with E-state index in [9.17, 15) is 9.90 Å². The molecule has 0 aromatic heterocycles. The first-order valence-electron chi connectivity index (χ1n) is 4.16. The second-order valence-electron chi connectivity index (χ2n) is 3.55. The van der Waals surface area contributed by atoms with Gasteiger partial charge in [0.25, 0.3) is 0 Å². The number of carbonyl (C=O) groups is 1. The molecule has 0 spiro atoms. The summed E-state index contributed by atoms with van der Waals surface area (Å²) in [6.45, 7) is 0. The van der Waals surface area contributed by atoms with Gasteiger partial charge in [0.05, 0.1) is 0 Å². The Morgan fingerprint density at radius 2 is 2.18 bits per heavy atom. The second kappa shape index (κ2) is 2.36. The topological polar surface area (TPSA) is 40.1 Å². The number of rotatable bonds is 1. The van der Waals surface area contributed by atoms with E-state index >= 15 is 0 Å². The van der Waals surface area contributed by atoms with Crippen LogP contribution in [0.4, 0.5) is 0 Å². The molecule has 0 N–H and O–H groups in total. The van der Waals surface area contributed by atoms with E-state index in [4.69, 9.17) is 0 Å². The van der Waals surface area contributed by atoms with Crippen LogP contribution < -0.4 is 5.11 Å². The fraction of sp³-hybridized carbons (Fsp3) is 0.667. The molecule has 0 aromatic carbocycles. The van der Waals surface area contributed by atoms with Crippen molar-refractivity contribution in [3.05, 3.63) is 12.2 Å². The van der Waals surface area contributed by atoms with E-state index in [1.165, 1.54) is 6.42 Å². The highest BCUT2D eigenvalue weighted by Gasteiger charge is 2.32. The standard InChI is InChI=1S/C9H12O2/c10-9(11)8-5-6-1-3-7(8)4-2-6/h1,3,6-8H,2,4-5H2,(H,10,11)/p-1. The van der Waals surface area contributed by atoms with E-state index in [0.717, 1.165) is 12.8 Å². The Bertz CT molecular complexity index is 208. The van der Waals surface area contributed by atoms with Crippen LogP contribution in [0.1, 0.15) is 19.3 Å². The van der Waals surface area contributed by atoms with Crippen LogP contribution >= 0.6 is 0 Å². The first kappa shape index (κ1) is 6.89. The molecule has 0 radical (unpaired) electrons. The number of aliphatic carboxylic acids is 1. The predicted octanol–water partition coefficient (Wildman–Crippen LogP) is 0.339. The number of hydrogen-bond acceptors (Lipinski definition) is 2.